The summed E-state index contributed by atoms with van der Waals surface area (Å²) >= 11 is 0. The van der Waals surface area contributed by atoms with Crippen molar-refractivity contribution in [3.05, 3.63) is 65.6 Å². The summed E-state index contributed by atoms with van der Waals surface area (Å²) in [7, 11) is 0. The number of rotatable bonds is 6. The van der Waals surface area contributed by atoms with Crippen LogP contribution in [0.3, 0.4) is 0 Å². The van der Waals surface area contributed by atoms with Gasteiger partial charge in [-0.3, -0.25) is 0 Å². The van der Waals surface area contributed by atoms with Crippen molar-refractivity contribution in [3.8, 4) is 5.69 Å². The monoisotopic (exact) mass is 325 g/mol. The quantitative estimate of drug-likeness (QED) is 0.755. The highest BCUT2D eigenvalue weighted by Gasteiger charge is 2.03. The van der Waals surface area contributed by atoms with Crippen molar-refractivity contribution in [2.45, 2.75) is 26.7 Å². The first-order chi connectivity index (χ1) is 11.6. The third-order valence-corrected chi connectivity index (χ3v) is 3.68. The van der Waals surface area contributed by atoms with Gasteiger partial charge in [-0.15, -0.1) is 0 Å². The van der Waals surface area contributed by atoms with Crippen molar-refractivity contribution < 1.29 is 4.39 Å². The first-order valence-corrected chi connectivity index (χ1v) is 8.03. The van der Waals surface area contributed by atoms with Gasteiger partial charge < -0.3 is 5.32 Å². The summed E-state index contributed by atoms with van der Waals surface area (Å²) in [5, 5.41) is 7.83. The van der Waals surface area contributed by atoms with Crippen molar-refractivity contribution in [1.29, 1.82) is 0 Å². The number of halogens is 1. The number of hydrogen-bond donors (Lipinski definition) is 1. The van der Waals surface area contributed by atoms with Crippen LogP contribution in [-0.2, 0) is 12.8 Å². The number of hydrogen-bond acceptors (Lipinski definition) is 4. The Balaban J connectivity index is 1.60. The molecule has 6 heteroatoms. The zero-order chi connectivity index (χ0) is 16.9. The first kappa shape index (κ1) is 16.1. The molecule has 3 rings (SSSR count). The van der Waals surface area contributed by atoms with Crippen LogP contribution in [0.25, 0.3) is 5.69 Å². The second-order valence-electron chi connectivity index (χ2n) is 5.55. The zero-order valence-electron chi connectivity index (χ0n) is 13.8. The lowest BCUT2D eigenvalue weighted by atomic mass is 10.3. The van der Waals surface area contributed by atoms with E-state index in [-0.39, 0.29) is 5.82 Å². The molecule has 124 valence electrons. The molecule has 0 saturated carbocycles. The third-order valence-electron chi connectivity index (χ3n) is 3.68. The second kappa shape index (κ2) is 7.21. The molecule has 0 atom stereocenters. The Bertz CT molecular complexity index is 811. The molecule has 0 saturated heterocycles. The van der Waals surface area contributed by atoms with Crippen LogP contribution in [0.2, 0.25) is 0 Å². The van der Waals surface area contributed by atoms with E-state index in [0.29, 0.717) is 0 Å². The molecule has 0 spiro atoms. The molecule has 2 aromatic heterocycles. The Morgan fingerprint density at radius 1 is 1.08 bits per heavy atom. The molecule has 0 bridgehead atoms. The summed E-state index contributed by atoms with van der Waals surface area (Å²) in [5.41, 5.74) is 2.84. The molecule has 0 aliphatic heterocycles. The lowest BCUT2D eigenvalue weighted by Gasteiger charge is -2.07. The van der Waals surface area contributed by atoms with E-state index in [2.05, 4.69) is 27.3 Å². The van der Waals surface area contributed by atoms with Crippen molar-refractivity contribution in [1.82, 2.24) is 19.7 Å². The summed E-state index contributed by atoms with van der Waals surface area (Å²) in [5.74, 6) is 1.37. The lowest BCUT2D eigenvalue weighted by molar-refractivity contribution is 0.627. The maximum absolute atomic E-state index is 13.0. The molecule has 5 nitrogen and oxygen atoms in total. The molecule has 0 radical (unpaired) electrons. The minimum Gasteiger partial charge on any atom is -0.370 e. The van der Waals surface area contributed by atoms with E-state index in [9.17, 15) is 4.39 Å². The van der Waals surface area contributed by atoms with E-state index in [1.807, 2.05) is 25.3 Å². The highest BCUT2D eigenvalue weighted by molar-refractivity contribution is 5.36. The number of aryl methyl sites for hydroxylation is 2. The summed E-state index contributed by atoms with van der Waals surface area (Å²) in [6.07, 6.45) is 3.55. The number of nitrogens with zero attached hydrogens (tertiary/aromatic N) is 4. The van der Waals surface area contributed by atoms with E-state index in [0.717, 1.165) is 48.1 Å². The van der Waals surface area contributed by atoms with Gasteiger partial charge in [0, 0.05) is 30.9 Å². The number of benzene rings is 1. The fraction of sp³-hybridized carbons (Fsp3) is 0.278. The van der Waals surface area contributed by atoms with Gasteiger partial charge in [-0.25, -0.2) is 19.0 Å². The Kier molecular flexibility index (Phi) is 4.84. The molecule has 0 unspecified atom stereocenters. The number of nitrogens with one attached hydrogen (secondary N) is 1. The van der Waals surface area contributed by atoms with Crippen molar-refractivity contribution in [3.63, 3.8) is 0 Å². The van der Waals surface area contributed by atoms with Crippen LogP contribution in [0.15, 0.2) is 42.6 Å². The van der Waals surface area contributed by atoms with Gasteiger partial charge in [0.05, 0.1) is 11.4 Å². The van der Waals surface area contributed by atoms with Crippen molar-refractivity contribution in [2.75, 3.05) is 11.9 Å². The predicted molar refractivity (Wildman–Crippen MR) is 91.9 cm³/mol. The molecule has 0 fully saturated rings. The molecule has 1 N–H and O–H groups in total. The van der Waals surface area contributed by atoms with E-state index in [1.54, 1.807) is 16.8 Å². The molecule has 1 aromatic carbocycles. The highest BCUT2D eigenvalue weighted by Crippen LogP contribution is 2.10. The topological polar surface area (TPSA) is 55.6 Å². The average Bonchev–Trinajstić information content (AvgIpc) is 3.04. The summed E-state index contributed by atoms with van der Waals surface area (Å²) in [6, 6.07) is 10.2. The standard InChI is InChI=1S/C18H20FN5/c1-3-15-12-18(22-13(2)21-15)20-10-8-16-9-11-24(23-16)17-6-4-14(19)5-7-17/h4-7,9,11-12H,3,8,10H2,1-2H3,(H,20,21,22). The van der Waals surface area contributed by atoms with Crippen LogP contribution in [0.4, 0.5) is 10.2 Å². The largest absolute Gasteiger partial charge is 0.370 e. The smallest absolute Gasteiger partial charge is 0.129 e. The maximum atomic E-state index is 13.0. The normalized spacial score (nSPS) is 10.8. The number of aromatic nitrogens is 4. The Morgan fingerprint density at radius 3 is 2.62 bits per heavy atom. The van der Waals surface area contributed by atoms with E-state index >= 15 is 0 Å². The van der Waals surface area contributed by atoms with Crippen LogP contribution in [0.1, 0.15) is 24.1 Å². The summed E-state index contributed by atoms with van der Waals surface area (Å²) in [6.45, 7) is 4.71. The average molecular weight is 325 g/mol. The SMILES string of the molecule is CCc1cc(NCCc2ccn(-c3ccc(F)cc3)n2)nc(C)n1. The van der Waals surface area contributed by atoms with E-state index in [1.165, 1.54) is 12.1 Å². The Labute approximate surface area is 140 Å². The Morgan fingerprint density at radius 2 is 1.88 bits per heavy atom. The molecule has 3 aromatic rings. The maximum Gasteiger partial charge on any atom is 0.129 e. The fourth-order valence-electron chi connectivity index (χ4n) is 2.45. The predicted octanol–water partition coefficient (Wildman–Crippen LogP) is 3.33. The minimum absolute atomic E-state index is 0.248. The first-order valence-electron chi connectivity index (χ1n) is 8.03. The van der Waals surface area contributed by atoms with Gasteiger partial charge in [0.2, 0.25) is 0 Å². The van der Waals surface area contributed by atoms with Crippen molar-refractivity contribution >= 4 is 5.82 Å². The van der Waals surface area contributed by atoms with Crippen LogP contribution >= 0.6 is 0 Å². The van der Waals surface area contributed by atoms with Gasteiger partial charge >= 0.3 is 0 Å². The van der Waals surface area contributed by atoms with Gasteiger partial charge in [-0.1, -0.05) is 6.92 Å². The van der Waals surface area contributed by atoms with Crippen LogP contribution in [0, 0.1) is 12.7 Å². The highest BCUT2D eigenvalue weighted by atomic mass is 19.1. The molecular formula is C18H20FN5. The van der Waals surface area contributed by atoms with Crippen LogP contribution in [0.5, 0.6) is 0 Å². The van der Waals surface area contributed by atoms with Crippen LogP contribution in [-0.4, -0.2) is 26.3 Å². The van der Waals surface area contributed by atoms with Gasteiger partial charge in [0.15, 0.2) is 0 Å². The zero-order valence-corrected chi connectivity index (χ0v) is 13.8. The van der Waals surface area contributed by atoms with Gasteiger partial charge in [0.25, 0.3) is 0 Å². The van der Waals surface area contributed by atoms with Crippen molar-refractivity contribution in [2.24, 2.45) is 0 Å². The molecule has 2 heterocycles. The second-order valence-corrected chi connectivity index (χ2v) is 5.55. The fourth-order valence-corrected chi connectivity index (χ4v) is 2.45. The van der Waals surface area contributed by atoms with Gasteiger partial charge in [-0.05, 0) is 43.7 Å². The van der Waals surface area contributed by atoms with E-state index < -0.39 is 0 Å². The Hall–Kier alpha value is -2.76. The van der Waals surface area contributed by atoms with E-state index in [4.69, 9.17) is 0 Å². The molecule has 24 heavy (non-hydrogen) atoms. The lowest BCUT2D eigenvalue weighted by Crippen LogP contribution is -2.09. The van der Waals surface area contributed by atoms with Crippen LogP contribution < -0.4 is 5.32 Å². The number of anilines is 1. The van der Waals surface area contributed by atoms with Gasteiger partial charge in [-0.2, -0.15) is 5.10 Å². The molecular weight excluding hydrogens is 305 g/mol. The minimum atomic E-state index is -0.248. The third kappa shape index (κ3) is 3.95. The molecule has 0 aliphatic rings. The molecule has 0 aliphatic carbocycles. The van der Waals surface area contributed by atoms with Gasteiger partial charge in [0.1, 0.15) is 17.5 Å². The summed E-state index contributed by atoms with van der Waals surface area (Å²) < 4.78 is 14.7. The summed E-state index contributed by atoms with van der Waals surface area (Å²) in [4.78, 5) is 8.76. The molecule has 0 amide bonds.